The average Bonchev–Trinajstić information content (AvgIpc) is 3.01. The summed E-state index contributed by atoms with van der Waals surface area (Å²) in [5, 5.41) is 0.348. The minimum atomic E-state index is -0.382. The normalized spacial score (nSPS) is 15.2. The highest BCUT2D eigenvalue weighted by Crippen LogP contribution is 2.39. The Morgan fingerprint density at radius 2 is 2.12 bits per heavy atom. The number of halogens is 2. The van der Waals surface area contributed by atoms with Crippen molar-refractivity contribution in [3.63, 3.8) is 0 Å². The fourth-order valence-corrected chi connectivity index (χ4v) is 2.15. The monoisotopic (exact) mass is 251 g/mol. The lowest BCUT2D eigenvalue weighted by Crippen LogP contribution is -1.99. The average molecular weight is 252 g/mol. The summed E-state index contributed by atoms with van der Waals surface area (Å²) >= 11 is 5.82. The summed E-state index contributed by atoms with van der Waals surface area (Å²) in [5.41, 5.74) is 7.22. The maximum absolute atomic E-state index is 13.3. The van der Waals surface area contributed by atoms with E-state index in [9.17, 15) is 4.39 Å². The number of benzene rings is 1. The van der Waals surface area contributed by atoms with Crippen molar-refractivity contribution < 1.29 is 4.39 Å². The van der Waals surface area contributed by atoms with Gasteiger partial charge in [-0.25, -0.2) is 9.37 Å². The maximum Gasteiger partial charge on any atom is 0.131 e. The summed E-state index contributed by atoms with van der Waals surface area (Å²) in [6, 6.07) is 4.78. The van der Waals surface area contributed by atoms with Crippen LogP contribution in [0.5, 0.6) is 0 Å². The molecular weight excluding hydrogens is 241 g/mol. The number of nitrogens with two attached hydrogens (primary N) is 1. The number of rotatable bonds is 2. The molecule has 0 amide bonds. The molecule has 1 aromatic carbocycles. The standard InChI is InChI=1S/C12H11ClFN3/c13-8-3-7(4-9(14)5-8)11-12(15)17(6-16-11)10-1-2-10/h3-6,10H,1-2,15H2. The zero-order valence-electron chi connectivity index (χ0n) is 9.03. The quantitative estimate of drug-likeness (QED) is 0.890. The van der Waals surface area contributed by atoms with E-state index in [-0.39, 0.29) is 5.82 Å². The molecule has 0 aliphatic heterocycles. The Balaban J connectivity index is 2.08. The zero-order chi connectivity index (χ0) is 12.0. The van der Waals surface area contributed by atoms with Crippen molar-refractivity contribution >= 4 is 17.4 Å². The number of nitrogens with zero attached hydrogens (tertiary/aromatic N) is 2. The number of aromatic nitrogens is 2. The zero-order valence-corrected chi connectivity index (χ0v) is 9.78. The van der Waals surface area contributed by atoms with E-state index in [1.807, 2.05) is 4.57 Å². The first-order chi connectivity index (χ1) is 8.15. The molecule has 0 atom stereocenters. The van der Waals surface area contributed by atoms with E-state index >= 15 is 0 Å². The van der Waals surface area contributed by atoms with E-state index in [0.717, 1.165) is 12.8 Å². The highest BCUT2D eigenvalue weighted by Gasteiger charge is 2.26. The van der Waals surface area contributed by atoms with Gasteiger partial charge in [0.05, 0.1) is 6.33 Å². The van der Waals surface area contributed by atoms with Crippen molar-refractivity contribution in [1.29, 1.82) is 0 Å². The first-order valence-corrected chi connectivity index (χ1v) is 5.81. The molecule has 1 aliphatic carbocycles. The van der Waals surface area contributed by atoms with Crippen LogP contribution in [0.2, 0.25) is 5.02 Å². The first kappa shape index (κ1) is 10.6. The largest absolute Gasteiger partial charge is 0.383 e. The Morgan fingerprint density at radius 1 is 1.35 bits per heavy atom. The van der Waals surface area contributed by atoms with Crippen molar-refractivity contribution in [2.75, 3.05) is 5.73 Å². The van der Waals surface area contributed by atoms with Crippen LogP contribution < -0.4 is 5.73 Å². The second kappa shape index (κ2) is 3.74. The van der Waals surface area contributed by atoms with Crippen molar-refractivity contribution in [3.8, 4) is 11.3 Å². The lowest BCUT2D eigenvalue weighted by molar-refractivity contribution is 0.628. The summed E-state index contributed by atoms with van der Waals surface area (Å²) in [5.74, 6) is 0.196. The Labute approximate surface area is 103 Å². The van der Waals surface area contributed by atoms with Gasteiger partial charge in [0.1, 0.15) is 17.3 Å². The molecule has 0 radical (unpaired) electrons. The number of anilines is 1. The lowest BCUT2D eigenvalue weighted by Gasteiger charge is -2.04. The topological polar surface area (TPSA) is 43.8 Å². The molecular formula is C12H11ClFN3. The van der Waals surface area contributed by atoms with Crippen LogP contribution in [-0.2, 0) is 0 Å². The Kier molecular flexibility index (Phi) is 2.33. The van der Waals surface area contributed by atoms with Gasteiger partial charge in [-0.05, 0) is 31.0 Å². The smallest absolute Gasteiger partial charge is 0.131 e. The van der Waals surface area contributed by atoms with Crippen LogP contribution in [0.15, 0.2) is 24.5 Å². The van der Waals surface area contributed by atoms with Gasteiger partial charge >= 0.3 is 0 Å². The molecule has 0 bridgehead atoms. The van der Waals surface area contributed by atoms with Crippen LogP contribution >= 0.6 is 11.6 Å². The van der Waals surface area contributed by atoms with Crippen molar-refractivity contribution in [2.45, 2.75) is 18.9 Å². The van der Waals surface area contributed by atoms with E-state index in [0.29, 0.717) is 28.1 Å². The highest BCUT2D eigenvalue weighted by atomic mass is 35.5. The summed E-state index contributed by atoms with van der Waals surface area (Å²) in [4.78, 5) is 4.24. The van der Waals surface area contributed by atoms with Crippen LogP contribution in [0.3, 0.4) is 0 Å². The van der Waals surface area contributed by atoms with Gasteiger partial charge in [0.15, 0.2) is 0 Å². The van der Waals surface area contributed by atoms with Gasteiger partial charge in [0, 0.05) is 16.6 Å². The first-order valence-electron chi connectivity index (χ1n) is 5.44. The molecule has 1 heterocycles. The maximum atomic E-state index is 13.3. The second-order valence-corrected chi connectivity index (χ2v) is 4.71. The van der Waals surface area contributed by atoms with Gasteiger partial charge in [-0.2, -0.15) is 0 Å². The van der Waals surface area contributed by atoms with Crippen LogP contribution in [0.4, 0.5) is 10.2 Å². The third kappa shape index (κ3) is 1.89. The fourth-order valence-electron chi connectivity index (χ4n) is 1.93. The van der Waals surface area contributed by atoms with Gasteiger partial charge < -0.3 is 10.3 Å². The molecule has 2 aromatic rings. The third-order valence-corrected chi connectivity index (χ3v) is 3.13. The highest BCUT2D eigenvalue weighted by molar-refractivity contribution is 6.30. The molecule has 1 fully saturated rings. The molecule has 3 nitrogen and oxygen atoms in total. The summed E-state index contributed by atoms with van der Waals surface area (Å²) in [6.07, 6.45) is 3.97. The van der Waals surface area contributed by atoms with E-state index < -0.39 is 0 Å². The molecule has 0 unspecified atom stereocenters. The Hall–Kier alpha value is -1.55. The number of nitrogen functional groups attached to an aromatic ring is 1. The Morgan fingerprint density at radius 3 is 2.76 bits per heavy atom. The van der Waals surface area contributed by atoms with Gasteiger partial charge in [-0.1, -0.05) is 11.6 Å². The molecule has 2 N–H and O–H groups in total. The second-order valence-electron chi connectivity index (χ2n) is 4.27. The third-order valence-electron chi connectivity index (χ3n) is 2.91. The van der Waals surface area contributed by atoms with E-state index in [1.54, 1.807) is 12.4 Å². The van der Waals surface area contributed by atoms with Crippen LogP contribution in [0, 0.1) is 5.82 Å². The molecule has 5 heteroatoms. The molecule has 1 saturated carbocycles. The van der Waals surface area contributed by atoms with Gasteiger partial charge in [0.25, 0.3) is 0 Å². The molecule has 1 aromatic heterocycles. The molecule has 0 saturated heterocycles. The molecule has 17 heavy (non-hydrogen) atoms. The predicted molar refractivity (Wildman–Crippen MR) is 65.3 cm³/mol. The fraction of sp³-hybridized carbons (Fsp3) is 0.250. The number of hydrogen-bond acceptors (Lipinski definition) is 2. The van der Waals surface area contributed by atoms with E-state index in [1.165, 1.54) is 12.1 Å². The van der Waals surface area contributed by atoms with E-state index in [4.69, 9.17) is 17.3 Å². The van der Waals surface area contributed by atoms with E-state index in [2.05, 4.69) is 4.98 Å². The SMILES string of the molecule is Nc1c(-c2cc(F)cc(Cl)c2)ncn1C1CC1. The summed E-state index contributed by atoms with van der Waals surface area (Å²) < 4.78 is 15.2. The summed E-state index contributed by atoms with van der Waals surface area (Å²) in [6.45, 7) is 0. The van der Waals surface area contributed by atoms with Crippen LogP contribution in [0.1, 0.15) is 18.9 Å². The number of hydrogen-bond donors (Lipinski definition) is 1. The molecule has 0 spiro atoms. The predicted octanol–water partition coefficient (Wildman–Crippen LogP) is 3.26. The molecule has 1 aliphatic rings. The molecule has 88 valence electrons. The van der Waals surface area contributed by atoms with Gasteiger partial charge in [-0.15, -0.1) is 0 Å². The van der Waals surface area contributed by atoms with Crippen molar-refractivity contribution in [1.82, 2.24) is 9.55 Å². The molecule has 3 rings (SSSR count). The van der Waals surface area contributed by atoms with Gasteiger partial charge in [0.2, 0.25) is 0 Å². The lowest BCUT2D eigenvalue weighted by atomic mass is 10.1. The minimum Gasteiger partial charge on any atom is -0.383 e. The Bertz CT molecular complexity index is 555. The van der Waals surface area contributed by atoms with Gasteiger partial charge in [-0.3, -0.25) is 0 Å². The van der Waals surface area contributed by atoms with Crippen LogP contribution in [0.25, 0.3) is 11.3 Å². The summed E-state index contributed by atoms with van der Waals surface area (Å²) in [7, 11) is 0. The minimum absolute atomic E-state index is 0.348. The number of imidazole rings is 1. The van der Waals surface area contributed by atoms with Crippen molar-refractivity contribution in [3.05, 3.63) is 35.4 Å². The van der Waals surface area contributed by atoms with Crippen LogP contribution in [-0.4, -0.2) is 9.55 Å². The van der Waals surface area contributed by atoms with Crippen molar-refractivity contribution in [2.24, 2.45) is 0 Å².